The van der Waals surface area contributed by atoms with Crippen LogP contribution in [-0.2, 0) is 22.5 Å². The number of ether oxygens (including phenoxy) is 2. The summed E-state index contributed by atoms with van der Waals surface area (Å²) in [6, 6.07) is 15.6. The van der Waals surface area contributed by atoms with E-state index in [4.69, 9.17) is 9.47 Å². The number of amides is 1. The Kier molecular flexibility index (Phi) is 6.63. The minimum atomic E-state index is -1.08. The molecule has 3 rings (SSSR count). The number of likely N-dealkylation sites (tertiary alicyclic amines) is 1. The molecule has 1 heterocycles. The Morgan fingerprint density at radius 3 is 2.52 bits per heavy atom. The van der Waals surface area contributed by atoms with Gasteiger partial charge in [-0.2, -0.15) is 0 Å². The molecule has 1 atom stereocenters. The van der Waals surface area contributed by atoms with E-state index in [9.17, 15) is 9.35 Å². The monoisotopic (exact) mass is 387 g/mol. The van der Waals surface area contributed by atoms with E-state index in [1.807, 2.05) is 48.5 Å². The smallest absolute Gasteiger partial charge is 0.410 e. The van der Waals surface area contributed by atoms with Gasteiger partial charge in [-0.3, -0.25) is 0 Å². The molecule has 0 saturated carbocycles. The molecule has 1 aliphatic heterocycles. The van der Waals surface area contributed by atoms with Gasteiger partial charge in [0.15, 0.2) is 10.6 Å². The van der Waals surface area contributed by atoms with Crippen LogP contribution in [0.3, 0.4) is 0 Å². The first-order valence-electron chi connectivity index (χ1n) is 9.05. The van der Waals surface area contributed by atoms with Gasteiger partial charge in [0, 0.05) is 13.1 Å². The summed E-state index contributed by atoms with van der Waals surface area (Å²) in [4.78, 5) is 14.8. The number of benzene rings is 2. The molecule has 1 unspecified atom stereocenters. The number of nitrogens with zero attached hydrogens (tertiary/aromatic N) is 1. The number of methoxy groups -OCH3 is 1. The summed E-state index contributed by atoms with van der Waals surface area (Å²) in [5.41, 5.74) is 2.15. The topological polar surface area (TPSA) is 61.8 Å². The van der Waals surface area contributed by atoms with E-state index in [2.05, 4.69) is 0 Å². The van der Waals surface area contributed by atoms with Crippen LogP contribution in [0.1, 0.15) is 29.9 Å². The average Bonchev–Trinajstić information content (AvgIpc) is 2.72. The largest absolute Gasteiger partial charge is 0.612 e. The second kappa shape index (κ2) is 9.15. The number of carbonyl (C=O) groups excluding carboxylic acids is 1. The Hall–Kier alpha value is -2.18. The second-order valence-corrected chi connectivity index (χ2v) is 8.01. The number of hydrogen-bond acceptors (Lipinski definition) is 4. The van der Waals surface area contributed by atoms with E-state index < -0.39 is 11.2 Å². The number of hydrogen-bond donors (Lipinski definition) is 0. The van der Waals surface area contributed by atoms with Crippen molar-refractivity contribution in [3.63, 3.8) is 0 Å². The molecule has 0 bridgehead atoms. The van der Waals surface area contributed by atoms with Gasteiger partial charge in [-0.15, -0.1) is 0 Å². The third kappa shape index (κ3) is 4.96. The molecule has 5 nitrogen and oxygen atoms in total. The van der Waals surface area contributed by atoms with Crippen molar-refractivity contribution < 1.29 is 18.8 Å². The van der Waals surface area contributed by atoms with Gasteiger partial charge in [-0.05, 0) is 53.2 Å². The Bertz CT molecular complexity index is 758. The highest BCUT2D eigenvalue weighted by atomic mass is 32.2. The Labute approximate surface area is 163 Å². The first-order chi connectivity index (χ1) is 13.1. The maximum Gasteiger partial charge on any atom is 0.410 e. The lowest BCUT2D eigenvalue weighted by Gasteiger charge is -2.31. The van der Waals surface area contributed by atoms with E-state index in [0.29, 0.717) is 36.3 Å². The molecule has 0 aliphatic carbocycles. The fourth-order valence-electron chi connectivity index (χ4n) is 3.38. The van der Waals surface area contributed by atoms with E-state index in [0.717, 1.165) is 18.4 Å². The standard InChI is InChI=1S/C21H25NO4S/c1-25-19-14-18(8-9-20(19)27(2)24)17-10-12-22(13-11-17)21(23)26-15-16-6-4-3-5-7-16/h3-9,14,17H,10-13,15H2,1-2H3. The maximum atomic E-state index is 12.3. The van der Waals surface area contributed by atoms with E-state index in [1.165, 1.54) is 5.56 Å². The van der Waals surface area contributed by atoms with Crippen LogP contribution in [-0.4, -0.2) is 42.0 Å². The molecule has 1 fully saturated rings. The molecule has 1 aliphatic rings. The third-order valence-corrected chi connectivity index (χ3v) is 5.88. The molecule has 144 valence electrons. The SMILES string of the molecule is COc1cc(C2CCN(C(=O)OCc3ccccc3)CC2)ccc1[S+](C)[O-]. The van der Waals surface area contributed by atoms with Crippen molar-refractivity contribution in [2.24, 2.45) is 0 Å². The zero-order chi connectivity index (χ0) is 19.2. The van der Waals surface area contributed by atoms with E-state index in [1.54, 1.807) is 18.3 Å². The predicted molar refractivity (Wildman–Crippen MR) is 106 cm³/mol. The molecule has 27 heavy (non-hydrogen) atoms. The van der Waals surface area contributed by atoms with Crippen molar-refractivity contribution in [3.05, 3.63) is 59.7 Å². The molecular formula is C21H25NO4S. The highest BCUT2D eigenvalue weighted by Gasteiger charge is 2.26. The third-order valence-electron chi connectivity index (χ3n) is 4.93. The quantitative estimate of drug-likeness (QED) is 0.729. The van der Waals surface area contributed by atoms with Crippen molar-refractivity contribution in [3.8, 4) is 5.75 Å². The first kappa shape index (κ1) is 19.6. The predicted octanol–water partition coefficient (Wildman–Crippen LogP) is 3.95. The van der Waals surface area contributed by atoms with Crippen LogP contribution in [0.5, 0.6) is 5.75 Å². The van der Waals surface area contributed by atoms with Crippen molar-refractivity contribution >= 4 is 17.3 Å². The summed E-state index contributed by atoms with van der Waals surface area (Å²) < 4.78 is 22.6. The Balaban J connectivity index is 1.54. The first-order valence-corrected chi connectivity index (χ1v) is 10.6. The fourth-order valence-corrected chi connectivity index (χ4v) is 4.07. The molecule has 1 saturated heterocycles. The number of carbonyl (C=O) groups is 1. The van der Waals surface area contributed by atoms with Crippen LogP contribution in [0, 0.1) is 0 Å². The van der Waals surface area contributed by atoms with Gasteiger partial charge in [-0.25, -0.2) is 4.79 Å². The molecule has 2 aromatic carbocycles. The minimum absolute atomic E-state index is 0.258. The van der Waals surface area contributed by atoms with Crippen LogP contribution < -0.4 is 4.74 Å². The molecular weight excluding hydrogens is 362 g/mol. The van der Waals surface area contributed by atoms with Crippen molar-refractivity contribution in [2.45, 2.75) is 30.3 Å². The van der Waals surface area contributed by atoms with Gasteiger partial charge < -0.3 is 18.9 Å². The van der Waals surface area contributed by atoms with E-state index >= 15 is 0 Å². The molecule has 2 aromatic rings. The van der Waals surface area contributed by atoms with Gasteiger partial charge in [0.05, 0.1) is 7.11 Å². The molecule has 0 aromatic heterocycles. The average molecular weight is 388 g/mol. The highest BCUT2D eigenvalue weighted by Crippen LogP contribution is 2.33. The molecule has 0 radical (unpaired) electrons. The summed E-state index contributed by atoms with van der Waals surface area (Å²) in [5, 5.41) is 0. The summed E-state index contributed by atoms with van der Waals surface area (Å²) in [6.07, 6.45) is 3.14. The highest BCUT2D eigenvalue weighted by molar-refractivity contribution is 7.90. The van der Waals surface area contributed by atoms with E-state index in [-0.39, 0.29) is 6.09 Å². The fraction of sp³-hybridized carbons (Fsp3) is 0.381. The van der Waals surface area contributed by atoms with Crippen LogP contribution in [0.2, 0.25) is 0 Å². The van der Waals surface area contributed by atoms with Crippen molar-refractivity contribution in [1.82, 2.24) is 4.90 Å². The van der Waals surface area contributed by atoms with Gasteiger partial charge in [-0.1, -0.05) is 36.4 Å². The number of piperidine rings is 1. The van der Waals surface area contributed by atoms with Gasteiger partial charge in [0.2, 0.25) is 0 Å². The summed E-state index contributed by atoms with van der Waals surface area (Å²) in [5.74, 6) is 1.02. The van der Waals surface area contributed by atoms with Crippen LogP contribution in [0.15, 0.2) is 53.4 Å². The lowest BCUT2D eigenvalue weighted by molar-refractivity contribution is 0.0870. The van der Waals surface area contributed by atoms with Crippen LogP contribution in [0.25, 0.3) is 0 Å². The molecule has 1 amide bonds. The van der Waals surface area contributed by atoms with Crippen LogP contribution in [0.4, 0.5) is 4.79 Å². The molecule has 6 heteroatoms. The summed E-state index contributed by atoms with van der Waals surface area (Å²) in [7, 11) is 1.60. The second-order valence-electron chi connectivity index (χ2n) is 6.67. The lowest BCUT2D eigenvalue weighted by Crippen LogP contribution is -2.38. The zero-order valence-corrected chi connectivity index (χ0v) is 16.5. The van der Waals surface area contributed by atoms with Gasteiger partial charge in [0.25, 0.3) is 0 Å². The number of rotatable bonds is 5. The minimum Gasteiger partial charge on any atom is -0.612 e. The Morgan fingerprint density at radius 2 is 1.89 bits per heavy atom. The normalized spacial score (nSPS) is 16.0. The van der Waals surface area contributed by atoms with Crippen molar-refractivity contribution in [1.29, 1.82) is 0 Å². The summed E-state index contributed by atoms with van der Waals surface area (Å²) >= 11 is -1.08. The molecule has 0 spiro atoms. The molecule has 0 N–H and O–H groups in total. The summed E-state index contributed by atoms with van der Waals surface area (Å²) in [6.45, 7) is 1.64. The van der Waals surface area contributed by atoms with Crippen LogP contribution >= 0.6 is 0 Å². The lowest BCUT2D eigenvalue weighted by atomic mass is 9.89. The van der Waals surface area contributed by atoms with Gasteiger partial charge in [0.1, 0.15) is 12.9 Å². The Morgan fingerprint density at radius 1 is 1.19 bits per heavy atom. The maximum absolute atomic E-state index is 12.3. The van der Waals surface area contributed by atoms with Gasteiger partial charge >= 0.3 is 6.09 Å². The zero-order valence-electron chi connectivity index (χ0n) is 15.7. The van der Waals surface area contributed by atoms with Crippen molar-refractivity contribution in [2.75, 3.05) is 26.5 Å².